The van der Waals surface area contributed by atoms with Crippen LogP contribution in [0.5, 0.6) is 0 Å². The number of carboxylic acids is 1. The van der Waals surface area contributed by atoms with Gasteiger partial charge in [0.05, 0.1) is 34.0 Å². The first-order valence-corrected chi connectivity index (χ1v) is 14.5. The minimum atomic E-state index is -1.41. The minimum absolute atomic E-state index is 0.00891. The normalized spacial score (nSPS) is 39.6. The Morgan fingerprint density at radius 2 is 1.68 bits per heavy atom. The molecule has 0 bridgehead atoms. The van der Waals surface area contributed by atoms with Gasteiger partial charge in [-0.2, -0.15) is 0 Å². The molecule has 9 nitrogen and oxygen atoms in total. The maximum Gasteiger partial charge on any atom is 0.339 e. The van der Waals surface area contributed by atoms with Crippen molar-refractivity contribution in [2.75, 3.05) is 0 Å². The number of hydrogen-bond donors (Lipinski definition) is 3. The Kier molecular flexibility index (Phi) is 6.54. The summed E-state index contributed by atoms with van der Waals surface area (Å²) in [6.07, 6.45) is 5.90. The van der Waals surface area contributed by atoms with E-state index in [-0.39, 0.29) is 41.7 Å². The smallest absolute Gasteiger partial charge is 0.339 e. The molecule has 6 rings (SSSR count). The van der Waals surface area contributed by atoms with Crippen molar-refractivity contribution in [1.82, 2.24) is 0 Å². The molecule has 4 aliphatic rings. The lowest BCUT2D eigenvalue weighted by molar-refractivity contribution is -0.246. The van der Waals surface area contributed by atoms with Gasteiger partial charge in [0.2, 0.25) is 0 Å². The van der Waals surface area contributed by atoms with Crippen LogP contribution in [0.15, 0.2) is 51.9 Å². The van der Waals surface area contributed by atoms with Gasteiger partial charge in [-0.05, 0) is 92.9 Å². The average molecular weight is 565 g/mol. The molecule has 0 amide bonds. The van der Waals surface area contributed by atoms with E-state index in [0.29, 0.717) is 38.5 Å². The summed E-state index contributed by atoms with van der Waals surface area (Å²) < 4.78 is 10.9. The number of aldehydes is 1. The molecule has 41 heavy (non-hydrogen) atoms. The molecule has 2 aromatic rings. The number of aliphatic hydroxyl groups is 2. The summed E-state index contributed by atoms with van der Waals surface area (Å²) >= 11 is 0. The van der Waals surface area contributed by atoms with Crippen molar-refractivity contribution in [3.8, 4) is 0 Å². The SMILES string of the molecule is CC12CCC3C(CCC4(O)CC(OC(=O)c5ccccc5C(=O)O)CCC34C=O)C1(O)CCC2c1ccc(=O)oc1. The van der Waals surface area contributed by atoms with Crippen LogP contribution >= 0.6 is 0 Å². The zero-order valence-corrected chi connectivity index (χ0v) is 23.1. The number of benzene rings is 1. The second-order valence-corrected chi connectivity index (χ2v) is 12.9. The van der Waals surface area contributed by atoms with Gasteiger partial charge in [0.15, 0.2) is 0 Å². The number of fused-ring (bicyclic) bond motifs is 5. The summed E-state index contributed by atoms with van der Waals surface area (Å²) in [5.74, 6) is -2.40. The van der Waals surface area contributed by atoms with Gasteiger partial charge in [-0.1, -0.05) is 19.1 Å². The van der Waals surface area contributed by atoms with E-state index in [1.165, 1.54) is 30.5 Å². The topological polar surface area (TPSA) is 151 Å². The summed E-state index contributed by atoms with van der Waals surface area (Å²) in [5.41, 5.74) is -3.72. The molecule has 4 fully saturated rings. The molecule has 0 radical (unpaired) electrons. The first kappa shape index (κ1) is 27.8. The van der Waals surface area contributed by atoms with Crippen molar-refractivity contribution in [1.29, 1.82) is 0 Å². The highest BCUT2D eigenvalue weighted by Gasteiger charge is 2.71. The van der Waals surface area contributed by atoms with Gasteiger partial charge >= 0.3 is 17.6 Å². The summed E-state index contributed by atoms with van der Waals surface area (Å²) in [6, 6.07) is 9.04. The van der Waals surface area contributed by atoms with Crippen LogP contribution in [0.4, 0.5) is 0 Å². The fourth-order valence-electron chi connectivity index (χ4n) is 9.40. The number of ether oxygens (including phenoxy) is 1. The molecule has 218 valence electrons. The zero-order chi connectivity index (χ0) is 29.2. The van der Waals surface area contributed by atoms with Crippen LogP contribution < -0.4 is 5.63 Å². The number of hydrogen-bond acceptors (Lipinski definition) is 8. The van der Waals surface area contributed by atoms with E-state index in [9.17, 15) is 34.5 Å². The summed E-state index contributed by atoms with van der Waals surface area (Å²) in [7, 11) is 0. The molecule has 8 atom stereocenters. The predicted octanol–water partition coefficient (Wildman–Crippen LogP) is 4.10. The zero-order valence-electron chi connectivity index (χ0n) is 23.1. The number of rotatable bonds is 5. The number of carbonyl (C=O) groups excluding carboxylic acids is 2. The van der Waals surface area contributed by atoms with Crippen LogP contribution in [-0.2, 0) is 9.53 Å². The number of esters is 1. The Bertz CT molecular complexity index is 1430. The lowest BCUT2D eigenvalue weighted by Gasteiger charge is -2.65. The number of carboxylic acid groups (broad SMARTS) is 1. The third kappa shape index (κ3) is 3.96. The standard InChI is InChI=1S/C32H36O9/c1-29-12-9-24-25(32(29,39)15-11-23(29)19-6-7-26(34)40-17-19)10-14-31(38)16-20(8-13-30(24,31)18-33)41-28(37)22-5-3-2-4-21(22)27(35)36/h2-7,17-18,20,23-25,38-39H,8-16H2,1H3,(H,35,36). The minimum Gasteiger partial charge on any atom is -0.478 e. The summed E-state index contributed by atoms with van der Waals surface area (Å²) in [5, 5.41) is 33.9. The Hall–Kier alpha value is -3.30. The second-order valence-electron chi connectivity index (χ2n) is 12.9. The number of carbonyl (C=O) groups is 3. The van der Waals surface area contributed by atoms with Gasteiger partial charge in [0.25, 0.3) is 0 Å². The van der Waals surface area contributed by atoms with Crippen molar-refractivity contribution < 1.29 is 38.9 Å². The second kappa shape index (κ2) is 9.63. The van der Waals surface area contributed by atoms with Crippen LogP contribution in [0.25, 0.3) is 0 Å². The molecule has 0 spiro atoms. The van der Waals surface area contributed by atoms with Crippen molar-refractivity contribution in [3.05, 3.63) is 69.8 Å². The van der Waals surface area contributed by atoms with Gasteiger partial charge < -0.3 is 29.3 Å². The van der Waals surface area contributed by atoms with Gasteiger partial charge in [-0.15, -0.1) is 0 Å². The van der Waals surface area contributed by atoms with Crippen molar-refractivity contribution >= 4 is 18.2 Å². The van der Waals surface area contributed by atoms with Crippen molar-refractivity contribution in [2.24, 2.45) is 22.7 Å². The Morgan fingerprint density at radius 3 is 2.37 bits per heavy atom. The van der Waals surface area contributed by atoms with E-state index in [4.69, 9.17) is 9.15 Å². The highest BCUT2D eigenvalue weighted by Crippen LogP contribution is 2.71. The maximum atomic E-state index is 13.0. The van der Waals surface area contributed by atoms with Crippen LogP contribution in [0.1, 0.15) is 96.9 Å². The Balaban J connectivity index is 1.24. The quantitative estimate of drug-likeness (QED) is 0.360. The maximum absolute atomic E-state index is 13.0. The molecule has 4 saturated carbocycles. The molecular formula is C32H36O9. The van der Waals surface area contributed by atoms with Gasteiger partial charge in [0.1, 0.15) is 12.4 Å². The van der Waals surface area contributed by atoms with Gasteiger partial charge in [-0.25, -0.2) is 14.4 Å². The third-order valence-corrected chi connectivity index (χ3v) is 11.5. The molecule has 0 aliphatic heterocycles. The van der Waals surface area contributed by atoms with Gasteiger partial charge in [-0.3, -0.25) is 0 Å². The fourth-order valence-corrected chi connectivity index (χ4v) is 9.40. The average Bonchev–Trinajstić information content (AvgIpc) is 3.23. The van der Waals surface area contributed by atoms with Crippen molar-refractivity contribution in [3.63, 3.8) is 0 Å². The van der Waals surface area contributed by atoms with E-state index in [1.807, 2.05) is 0 Å². The number of aromatic carboxylic acids is 1. The lowest BCUT2D eigenvalue weighted by atomic mass is 9.41. The van der Waals surface area contributed by atoms with Crippen LogP contribution in [0.2, 0.25) is 0 Å². The molecule has 1 heterocycles. The van der Waals surface area contributed by atoms with E-state index in [1.54, 1.807) is 12.1 Å². The molecular weight excluding hydrogens is 528 g/mol. The summed E-state index contributed by atoms with van der Waals surface area (Å²) in [6.45, 7) is 2.10. The Labute approximate surface area is 237 Å². The summed E-state index contributed by atoms with van der Waals surface area (Å²) in [4.78, 5) is 49.1. The van der Waals surface area contributed by atoms with E-state index in [0.717, 1.165) is 18.3 Å². The molecule has 3 N–H and O–H groups in total. The predicted molar refractivity (Wildman–Crippen MR) is 145 cm³/mol. The molecule has 4 aliphatic carbocycles. The lowest BCUT2D eigenvalue weighted by Crippen LogP contribution is -2.68. The first-order valence-electron chi connectivity index (χ1n) is 14.5. The van der Waals surface area contributed by atoms with E-state index in [2.05, 4.69) is 6.92 Å². The molecule has 1 aromatic heterocycles. The largest absolute Gasteiger partial charge is 0.478 e. The molecule has 1 aromatic carbocycles. The fraction of sp³-hybridized carbons (Fsp3) is 0.562. The highest BCUT2D eigenvalue weighted by molar-refractivity contribution is 6.02. The van der Waals surface area contributed by atoms with Crippen LogP contribution in [0.3, 0.4) is 0 Å². The monoisotopic (exact) mass is 564 g/mol. The van der Waals surface area contributed by atoms with Crippen LogP contribution in [0, 0.1) is 22.7 Å². The molecule has 0 saturated heterocycles. The van der Waals surface area contributed by atoms with Crippen LogP contribution in [-0.4, -0.2) is 50.9 Å². The highest BCUT2D eigenvalue weighted by atomic mass is 16.5. The van der Waals surface area contributed by atoms with Gasteiger partial charge in [0, 0.05) is 17.9 Å². The molecule has 9 heteroatoms. The van der Waals surface area contributed by atoms with E-state index >= 15 is 0 Å². The van der Waals surface area contributed by atoms with Crippen molar-refractivity contribution in [2.45, 2.75) is 87.9 Å². The van der Waals surface area contributed by atoms with E-state index < -0.39 is 45.7 Å². The Morgan fingerprint density at radius 1 is 0.951 bits per heavy atom. The molecule has 8 unspecified atom stereocenters. The third-order valence-electron chi connectivity index (χ3n) is 11.5. The first-order chi connectivity index (χ1) is 19.5.